The van der Waals surface area contributed by atoms with Crippen LogP contribution in [0.15, 0.2) is 0 Å². The fraction of sp³-hybridized carbons (Fsp3) is 0.875. The summed E-state index contributed by atoms with van der Waals surface area (Å²) in [5.74, 6) is 3.27. The molecule has 4 heteroatoms. The van der Waals surface area contributed by atoms with E-state index >= 15 is 0 Å². The van der Waals surface area contributed by atoms with Gasteiger partial charge in [-0.15, -0.1) is 0 Å². The number of ketones is 2. The van der Waals surface area contributed by atoms with Crippen LogP contribution in [0.4, 0.5) is 0 Å². The van der Waals surface area contributed by atoms with Gasteiger partial charge < -0.3 is 4.74 Å². The maximum atomic E-state index is 13.5. The van der Waals surface area contributed by atoms with Crippen LogP contribution in [-0.2, 0) is 19.1 Å². The van der Waals surface area contributed by atoms with Gasteiger partial charge in [0.2, 0.25) is 0 Å². The van der Waals surface area contributed by atoms with Crippen LogP contribution in [0.1, 0.15) is 84.5 Å². The Morgan fingerprint density at radius 1 is 1.07 bits per heavy atom. The number of carbonyl (C=O) groups excluding carboxylic acids is 3. The summed E-state index contributed by atoms with van der Waals surface area (Å²) < 4.78 is 4.78. The molecule has 156 valence electrons. The van der Waals surface area contributed by atoms with Crippen molar-refractivity contribution in [1.82, 2.24) is 0 Å². The van der Waals surface area contributed by atoms with Crippen LogP contribution in [0.2, 0.25) is 0 Å². The maximum absolute atomic E-state index is 13.5. The van der Waals surface area contributed by atoms with Crippen molar-refractivity contribution in [3.05, 3.63) is 0 Å². The molecule has 7 atom stereocenters. The molecule has 0 aromatic rings. The Hall–Kier alpha value is -1.19. The molecule has 4 aliphatic carbocycles. The summed E-state index contributed by atoms with van der Waals surface area (Å²) in [5.41, 5.74) is -0.0260. The zero-order valence-corrected chi connectivity index (χ0v) is 17.8. The molecule has 4 aliphatic rings. The third-order valence-corrected chi connectivity index (χ3v) is 9.69. The van der Waals surface area contributed by atoms with Crippen molar-refractivity contribution in [2.75, 3.05) is 7.11 Å². The van der Waals surface area contributed by atoms with Crippen molar-refractivity contribution in [3.63, 3.8) is 0 Å². The number of carbonyl (C=O) groups is 3. The lowest BCUT2D eigenvalue weighted by Crippen LogP contribution is -2.56. The Bertz CT molecular complexity index is 670. The number of rotatable bonds is 4. The topological polar surface area (TPSA) is 60.4 Å². The Balaban J connectivity index is 1.52. The minimum absolute atomic E-state index is 0.146. The van der Waals surface area contributed by atoms with Crippen LogP contribution in [0.25, 0.3) is 0 Å². The fourth-order valence-corrected chi connectivity index (χ4v) is 7.93. The van der Waals surface area contributed by atoms with Crippen LogP contribution < -0.4 is 0 Å². The zero-order valence-electron chi connectivity index (χ0n) is 17.8. The number of ether oxygens (including phenoxy) is 1. The first-order valence-corrected chi connectivity index (χ1v) is 11.4. The lowest BCUT2D eigenvalue weighted by Gasteiger charge is -2.59. The monoisotopic (exact) mass is 388 g/mol. The summed E-state index contributed by atoms with van der Waals surface area (Å²) in [6, 6.07) is 0. The summed E-state index contributed by atoms with van der Waals surface area (Å²) >= 11 is 0. The molecular formula is C24H36O4. The molecule has 0 amide bonds. The van der Waals surface area contributed by atoms with Crippen LogP contribution >= 0.6 is 0 Å². The van der Waals surface area contributed by atoms with E-state index in [4.69, 9.17) is 4.74 Å². The minimum atomic E-state index is -0.203. The van der Waals surface area contributed by atoms with Gasteiger partial charge in [0.15, 0.2) is 0 Å². The largest absolute Gasteiger partial charge is 0.469 e. The van der Waals surface area contributed by atoms with Gasteiger partial charge in [-0.25, -0.2) is 0 Å². The normalized spacial score (nSPS) is 45.2. The zero-order chi connectivity index (χ0) is 20.1. The number of methoxy groups -OCH3 is 1. The molecule has 0 bridgehead atoms. The van der Waals surface area contributed by atoms with Crippen molar-refractivity contribution in [3.8, 4) is 0 Å². The maximum Gasteiger partial charge on any atom is 0.305 e. The van der Waals surface area contributed by atoms with Crippen LogP contribution in [0.5, 0.6) is 0 Å². The van der Waals surface area contributed by atoms with Crippen LogP contribution in [-0.4, -0.2) is 24.6 Å². The van der Waals surface area contributed by atoms with Gasteiger partial charge >= 0.3 is 5.97 Å². The Morgan fingerprint density at radius 2 is 1.86 bits per heavy atom. The van der Waals surface area contributed by atoms with Crippen molar-refractivity contribution in [2.45, 2.75) is 84.5 Å². The highest BCUT2D eigenvalue weighted by Gasteiger charge is 2.63. The average Bonchev–Trinajstić information content (AvgIpc) is 3.01. The van der Waals surface area contributed by atoms with Crippen molar-refractivity contribution < 1.29 is 19.1 Å². The van der Waals surface area contributed by atoms with Crippen LogP contribution in [0.3, 0.4) is 0 Å². The number of fused-ring (bicyclic) bond motifs is 5. The highest BCUT2D eigenvalue weighted by Crippen LogP contribution is 2.66. The number of hydrogen-bond acceptors (Lipinski definition) is 4. The highest BCUT2D eigenvalue weighted by atomic mass is 16.5. The molecule has 0 spiro atoms. The van der Waals surface area contributed by atoms with Gasteiger partial charge in [-0.2, -0.15) is 0 Å². The molecule has 0 saturated heterocycles. The summed E-state index contributed by atoms with van der Waals surface area (Å²) in [6.07, 6.45) is 10.0. The second kappa shape index (κ2) is 7.25. The van der Waals surface area contributed by atoms with E-state index in [2.05, 4.69) is 13.8 Å². The molecule has 0 aliphatic heterocycles. The first kappa shape index (κ1) is 20.1. The molecule has 0 radical (unpaired) electrons. The summed E-state index contributed by atoms with van der Waals surface area (Å²) in [6.45, 7) is 4.63. The SMILES string of the molecule is COC(=O)CCCC1CCC2C3CCC4CC(=O)CCC4(C)C3CC(=O)C12C. The smallest absolute Gasteiger partial charge is 0.305 e. The van der Waals surface area contributed by atoms with E-state index in [0.717, 1.165) is 44.9 Å². The quantitative estimate of drug-likeness (QED) is 0.653. The molecule has 4 fully saturated rings. The molecule has 0 N–H and O–H groups in total. The third-order valence-electron chi connectivity index (χ3n) is 9.69. The first-order valence-electron chi connectivity index (χ1n) is 11.4. The second-order valence-corrected chi connectivity index (χ2v) is 10.6. The molecule has 0 aromatic heterocycles. The number of hydrogen-bond donors (Lipinski definition) is 0. The standard InChI is InChI=1S/C24H36O4/c1-23-12-11-17(25)13-16(23)7-9-18-19-10-8-15(5-4-6-22(27)28-3)24(19,2)21(26)14-20(18)23/h15-16,18-20H,4-14H2,1-3H3. The van der Waals surface area contributed by atoms with Crippen molar-refractivity contribution >= 4 is 17.5 Å². The van der Waals surface area contributed by atoms with E-state index in [1.54, 1.807) is 0 Å². The average molecular weight is 389 g/mol. The van der Waals surface area contributed by atoms with Gasteiger partial charge in [0.25, 0.3) is 0 Å². The molecule has 28 heavy (non-hydrogen) atoms. The number of esters is 1. The lowest BCUT2D eigenvalue weighted by atomic mass is 9.44. The van der Waals surface area contributed by atoms with E-state index < -0.39 is 0 Å². The van der Waals surface area contributed by atoms with Crippen LogP contribution in [0, 0.1) is 40.4 Å². The van der Waals surface area contributed by atoms with Crippen molar-refractivity contribution in [1.29, 1.82) is 0 Å². The van der Waals surface area contributed by atoms with Gasteiger partial charge in [0.05, 0.1) is 7.11 Å². The molecule has 4 rings (SSSR count). The predicted octanol–water partition coefficient (Wildman–Crippen LogP) is 4.74. The fourth-order valence-electron chi connectivity index (χ4n) is 7.93. The van der Waals surface area contributed by atoms with E-state index in [9.17, 15) is 14.4 Å². The first-order chi connectivity index (χ1) is 13.3. The minimum Gasteiger partial charge on any atom is -0.469 e. The Kier molecular flexibility index (Phi) is 5.20. The van der Waals surface area contributed by atoms with E-state index in [1.165, 1.54) is 13.5 Å². The third kappa shape index (κ3) is 2.97. The number of Topliss-reactive ketones (excluding diaryl/α,β-unsaturated/α-hetero) is 2. The second-order valence-electron chi connectivity index (χ2n) is 10.6. The summed E-state index contributed by atoms with van der Waals surface area (Å²) in [4.78, 5) is 37.0. The molecule has 7 unspecified atom stereocenters. The molecule has 4 saturated carbocycles. The van der Waals surface area contributed by atoms with Gasteiger partial charge in [-0.05, 0) is 80.0 Å². The van der Waals surface area contributed by atoms with E-state index in [0.29, 0.717) is 60.4 Å². The Labute approximate surface area is 169 Å². The van der Waals surface area contributed by atoms with Gasteiger partial charge in [0.1, 0.15) is 11.6 Å². The van der Waals surface area contributed by atoms with Gasteiger partial charge in [-0.1, -0.05) is 13.8 Å². The van der Waals surface area contributed by atoms with E-state index in [-0.39, 0.29) is 16.8 Å². The molecule has 4 nitrogen and oxygen atoms in total. The lowest BCUT2D eigenvalue weighted by molar-refractivity contribution is -0.158. The molecule has 0 aromatic carbocycles. The summed E-state index contributed by atoms with van der Waals surface area (Å²) in [5, 5.41) is 0. The Morgan fingerprint density at radius 3 is 2.61 bits per heavy atom. The molecule has 0 heterocycles. The highest BCUT2D eigenvalue weighted by molar-refractivity contribution is 5.87. The van der Waals surface area contributed by atoms with Gasteiger partial charge in [0, 0.05) is 31.1 Å². The predicted molar refractivity (Wildman–Crippen MR) is 106 cm³/mol. The van der Waals surface area contributed by atoms with Gasteiger partial charge in [-0.3, -0.25) is 14.4 Å². The van der Waals surface area contributed by atoms with E-state index in [1.807, 2.05) is 0 Å². The van der Waals surface area contributed by atoms with Crippen molar-refractivity contribution in [2.24, 2.45) is 40.4 Å². The molecular weight excluding hydrogens is 352 g/mol. The summed E-state index contributed by atoms with van der Waals surface area (Å²) in [7, 11) is 1.44.